The predicted octanol–water partition coefficient (Wildman–Crippen LogP) is 4.19. The standard InChI is InChI=1S/C16H17ClFNO/c1-2-16(11-20,12-5-3-6-13(17)9-12)19-15-8-4-7-14(18)10-15/h3-10,19-20H,2,11H2,1H3. The van der Waals surface area contributed by atoms with E-state index in [0.29, 0.717) is 17.1 Å². The van der Waals surface area contributed by atoms with Crippen molar-refractivity contribution in [2.24, 2.45) is 0 Å². The Morgan fingerprint density at radius 2 is 1.95 bits per heavy atom. The molecular formula is C16H17ClFNO. The number of halogens is 2. The predicted molar refractivity (Wildman–Crippen MR) is 80.5 cm³/mol. The van der Waals surface area contributed by atoms with Crippen molar-refractivity contribution in [1.82, 2.24) is 0 Å². The number of aliphatic hydroxyl groups is 1. The first-order chi connectivity index (χ1) is 9.59. The summed E-state index contributed by atoms with van der Waals surface area (Å²) in [7, 11) is 0. The molecule has 4 heteroatoms. The van der Waals surface area contributed by atoms with Crippen molar-refractivity contribution >= 4 is 17.3 Å². The van der Waals surface area contributed by atoms with E-state index < -0.39 is 5.54 Å². The summed E-state index contributed by atoms with van der Waals surface area (Å²) in [5.74, 6) is -0.316. The summed E-state index contributed by atoms with van der Waals surface area (Å²) in [6.07, 6.45) is 0.639. The fourth-order valence-electron chi connectivity index (χ4n) is 2.24. The Kier molecular flexibility index (Phi) is 4.63. The molecular weight excluding hydrogens is 277 g/mol. The van der Waals surface area contributed by atoms with Gasteiger partial charge in [0.05, 0.1) is 12.1 Å². The molecule has 1 unspecified atom stereocenters. The molecule has 20 heavy (non-hydrogen) atoms. The third kappa shape index (κ3) is 3.11. The molecule has 0 aliphatic carbocycles. The molecule has 106 valence electrons. The molecule has 1 atom stereocenters. The monoisotopic (exact) mass is 293 g/mol. The fourth-order valence-corrected chi connectivity index (χ4v) is 2.43. The largest absolute Gasteiger partial charge is 0.394 e. The molecule has 2 rings (SSSR count). The van der Waals surface area contributed by atoms with Crippen LogP contribution in [0, 0.1) is 5.82 Å². The van der Waals surface area contributed by atoms with E-state index >= 15 is 0 Å². The molecule has 2 N–H and O–H groups in total. The van der Waals surface area contributed by atoms with Crippen molar-refractivity contribution in [2.75, 3.05) is 11.9 Å². The van der Waals surface area contributed by atoms with Crippen LogP contribution in [0.4, 0.5) is 10.1 Å². The lowest BCUT2D eigenvalue weighted by Crippen LogP contribution is -2.38. The molecule has 0 radical (unpaired) electrons. The highest BCUT2D eigenvalue weighted by Crippen LogP contribution is 2.31. The van der Waals surface area contributed by atoms with Gasteiger partial charge in [-0.15, -0.1) is 0 Å². The first-order valence-corrected chi connectivity index (χ1v) is 6.88. The molecule has 2 aromatic rings. The molecule has 0 saturated heterocycles. The van der Waals surface area contributed by atoms with E-state index in [1.165, 1.54) is 12.1 Å². The number of anilines is 1. The molecule has 0 aliphatic rings. The van der Waals surface area contributed by atoms with Crippen LogP contribution in [0.25, 0.3) is 0 Å². The van der Waals surface area contributed by atoms with Gasteiger partial charge in [-0.3, -0.25) is 0 Å². The Bertz CT molecular complexity index is 584. The molecule has 2 nitrogen and oxygen atoms in total. The minimum atomic E-state index is -0.682. The summed E-state index contributed by atoms with van der Waals surface area (Å²) in [4.78, 5) is 0. The van der Waals surface area contributed by atoms with Crippen LogP contribution >= 0.6 is 11.6 Å². The zero-order valence-corrected chi connectivity index (χ0v) is 12.0. The highest BCUT2D eigenvalue weighted by Gasteiger charge is 2.29. The molecule has 0 amide bonds. The van der Waals surface area contributed by atoms with Gasteiger partial charge < -0.3 is 10.4 Å². The third-order valence-electron chi connectivity index (χ3n) is 3.46. The molecule has 0 aromatic heterocycles. The van der Waals surface area contributed by atoms with E-state index in [4.69, 9.17) is 11.6 Å². The normalized spacial score (nSPS) is 13.8. The molecule has 0 aliphatic heterocycles. The lowest BCUT2D eigenvalue weighted by Gasteiger charge is -2.34. The minimum absolute atomic E-state index is 0.111. The van der Waals surface area contributed by atoms with Crippen LogP contribution in [0.15, 0.2) is 48.5 Å². The number of hydrogen-bond donors (Lipinski definition) is 2. The maximum Gasteiger partial charge on any atom is 0.125 e. The molecule has 0 saturated carbocycles. The quantitative estimate of drug-likeness (QED) is 0.866. The van der Waals surface area contributed by atoms with Crippen LogP contribution in [0.3, 0.4) is 0 Å². The van der Waals surface area contributed by atoms with Gasteiger partial charge >= 0.3 is 0 Å². The molecule has 0 spiro atoms. The Hall–Kier alpha value is -1.58. The molecule has 0 heterocycles. The van der Waals surface area contributed by atoms with E-state index in [9.17, 15) is 9.50 Å². The van der Waals surface area contributed by atoms with Crippen molar-refractivity contribution in [3.63, 3.8) is 0 Å². The van der Waals surface area contributed by atoms with Gasteiger partial charge in [0.2, 0.25) is 0 Å². The summed E-state index contributed by atoms with van der Waals surface area (Å²) in [6, 6.07) is 13.5. The fraction of sp³-hybridized carbons (Fsp3) is 0.250. The first-order valence-electron chi connectivity index (χ1n) is 6.50. The summed E-state index contributed by atoms with van der Waals surface area (Å²) >= 11 is 6.02. The third-order valence-corrected chi connectivity index (χ3v) is 3.69. The van der Waals surface area contributed by atoms with Crippen molar-refractivity contribution < 1.29 is 9.50 Å². The van der Waals surface area contributed by atoms with E-state index in [2.05, 4.69) is 5.32 Å². The van der Waals surface area contributed by atoms with Crippen LogP contribution in [0.2, 0.25) is 5.02 Å². The van der Waals surface area contributed by atoms with Crippen LogP contribution in [0.1, 0.15) is 18.9 Å². The van der Waals surface area contributed by atoms with Crippen LogP contribution in [-0.2, 0) is 5.54 Å². The van der Waals surface area contributed by atoms with Crippen molar-refractivity contribution in [3.8, 4) is 0 Å². The highest BCUT2D eigenvalue weighted by molar-refractivity contribution is 6.30. The Balaban J connectivity index is 2.39. The Morgan fingerprint density at radius 3 is 2.55 bits per heavy atom. The van der Waals surface area contributed by atoms with Gasteiger partial charge in [0.25, 0.3) is 0 Å². The first kappa shape index (κ1) is 14.8. The molecule has 0 fully saturated rings. The van der Waals surface area contributed by atoms with Crippen LogP contribution in [0.5, 0.6) is 0 Å². The van der Waals surface area contributed by atoms with Crippen LogP contribution in [-0.4, -0.2) is 11.7 Å². The maximum atomic E-state index is 13.3. The van der Waals surface area contributed by atoms with Gasteiger partial charge in [-0.25, -0.2) is 4.39 Å². The summed E-state index contributed by atoms with van der Waals surface area (Å²) in [6.45, 7) is 1.85. The second kappa shape index (κ2) is 6.25. The number of benzene rings is 2. The zero-order valence-electron chi connectivity index (χ0n) is 11.2. The number of aliphatic hydroxyl groups excluding tert-OH is 1. The number of hydrogen-bond acceptors (Lipinski definition) is 2. The maximum absolute atomic E-state index is 13.3. The average Bonchev–Trinajstić information content (AvgIpc) is 2.45. The lowest BCUT2D eigenvalue weighted by atomic mass is 9.87. The summed E-state index contributed by atoms with van der Waals surface area (Å²) in [5, 5.41) is 13.7. The molecule has 0 bridgehead atoms. The van der Waals surface area contributed by atoms with E-state index in [1.807, 2.05) is 25.1 Å². The second-order valence-corrected chi connectivity index (χ2v) is 5.18. The SMILES string of the molecule is CCC(CO)(Nc1cccc(F)c1)c1cccc(Cl)c1. The van der Waals surface area contributed by atoms with Crippen molar-refractivity contribution in [1.29, 1.82) is 0 Å². The summed E-state index contributed by atoms with van der Waals surface area (Å²) in [5.41, 5.74) is 0.818. The molecule has 2 aromatic carbocycles. The topological polar surface area (TPSA) is 32.3 Å². The highest BCUT2D eigenvalue weighted by atomic mass is 35.5. The van der Waals surface area contributed by atoms with E-state index in [-0.39, 0.29) is 12.4 Å². The van der Waals surface area contributed by atoms with Gasteiger partial charge in [-0.05, 0) is 42.3 Å². The van der Waals surface area contributed by atoms with Crippen molar-refractivity contribution in [2.45, 2.75) is 18.9 Å². The van der Waals surface area contributed by atoms with Crippen molar-refractivity contribution in [3.05, 3.63) is 64.9 Å². The summed E-state index contributed by atoms with van der Waals surface area (Å²) < 4.78 is 13.3. The van der Waals surface area contributed by atoms with Gasteiger partial charge in [-0.2, -0.15) is 0 Å². The minimum Gasteiger partial charge on any atom is -0.394 e. The average molecular weight is 294 g/mol. The zero-order chi connectivity index (χ0) is 14.6. The van der Waals surface area contributed by atoms with Gasteiger partial charge in [-0.1, -0.05) is 36.7 Å². The second-order valence-electron chi connectivity index (χ2n) is 4.74. The van der Waals surface area contributed by atoms with Gasteiger partial charge in [0, 0.05) is 10.7 Å². The smallest absolute Gasteiger partial charge is 0.125 e. The van der Waals surface area contributed by atoms with E-state index in [0.717, 1.165) is 5.56 Å². The lowest BCUT2D eigenvalue weighted by molar-refractivity contribution is 0.207. The van der Waals surface area contributed by atoms with E-state index in [1.54, 1.807) is 18.2 Å². The van der Waals surface area contributed by atoms with Gasteiger partial charge in [0.15, 0.2) is 0 Å². The van der Waals surface area contributed by atoms with Gasteiger partial charge in [0.1, 0.15) is 5.82 Å². The number of nitrogens with one attached hydrogen (secondary N) is 1. The Labute approximate surface area is 123 Å². The van der Waals surface area contributed by atoms with Crippen LogP contribution < -0.4 is 5.32 Å². The number of rotatable bonds is 5. The Morgan fingerprint density at radius 1 is 1.20 bits per heavy atom.